The normalized spacial score (nSPS) is 15.2. The van der Waals surface area contributed by atoms with E-state index in [1.54, 1.807) is 6.07 Å². The van der Waals surface area contributed by atoms with Gasteiger partial charge >= 0.3 is 65.8 Å². The average Bonchev–Trinajstić information content (AvgIpc) is 2.36. The quantitative estimate of drug-likeness (QED) is 0.609. The summed E-state index contributed by atoms with van der Waals surface area (Å²) >= 11 is 0.542. The number of fused-ring (bicyclic) bond motifs is 1. The van der Waals surface area contributed by atoms with Gasteiger partial charge in [-0.15, -0.1) is 0 Å². The summed E-state index contributed by atoms with van der Waals surface area (Å²) in [5.74, 6) is 0.509. The zero-order valence-electron chi connectivity index (χ0n) is 5.50. The Labute approximate surface area is 66.2 Å². The van der Waals surface area contributed by atoms with Gasteiger partial charge < -0.3 is 0 Å². The van der Waals surface area contributed by atoms with E-state index in [-0.39, 0.29) is 0 Å². The zero-order valence-corrected chi connectivity index (χ0v) is 7.21. The Hall–Kier alpha value is -0.461. The molecule has 52 valence electrons. The molecule has 0 unspecified atom stereocenters. The standard InChI is InChI=1S/C8H8OSe/c9-7-3-1-2-6-4-5-10-8(6)7/h1-3,9H,4-5H2. The van der Waals surface area contributed by atoms with Gasteiger partial charge in [0.2, 0.25) is 0 Å². The fraction of sp³-hybridized carbons (Fsp3) is 0.250. The molecule has 0 bridgehead atoms. The first-order valence-electron chi connectivity index (χ1n) is 3.31. The van der Waals surface area contributed by atoms with Crippen LogP contribution in [0.3, 0.4) is 0 Å². The number of aromatic hydroxyl groups is 1. The summed E-state index contributed by atoms with van der Waals surface area (Å²) in [6.45, 7) is 0. The van der Waals surface area contributed by atoms with Crippen LogP contribution >= 0.6 is 0 Å². The van der Waals surface area contributed by atoms with Crippen molar-refractivity contribution >= 4 is 19.4 Å². The van der Waals surface area contributed by atoms with Gasteiger partial charge in [-0.2, -0.15) is 0 Å². The van der Waals surface area contributed by atoms with Crippen LogP contribution in [0.25, 0.3) is 0 Å². The van der Waals surface area contributed by atoms with E-state index in [0.717, 1.165) is 0 Å². The van der Waals surface area contributed by atoms with Gasteiger partial charge in [0, 0.05) is 0 Å². The molecule has 0 saturated heterocycles. The molecule has 0 radical (unpaired) electrons. The van der Waals surface area contributed by atoms with E-state index in [2.05, 4.69) is 6.07 Å². The van der Waals surface area contributed by atoms with Crippen molar-refractivity contribution in [2.75, 3.05) is 0 Å². The minimum atomic E-state index is 0.509. The van der Waals surface area contributed by atoms with Gasteiger partial charge in [0.1, 0.15) is 0 Å². The fourth-order valence-electron chi connectivity index (χ4n) is 1.20. The van der Waals surface area contributed by atoms with Gasteiger partial charge in [-0.05, 0) is 0 Å². The molecule has 1 aromatic rings. The third-order valence-corrected chi connectivity index (χ3v) is 4.14. The Morgan fingerprint density at radius 1 is 1.40 bits per heavy atom. The summed E-state index contributed by atoms with van der Waals surface area (Å²) in [4.78, 5) is 0. The van der Waals surface area contributed by atoms with Crippen LogP contribution < -0.4 is 4.46 Å². The van der Waals surface area contributed by atoms with Crippen molar-refractivity contribution in [2.24, 2.45) is 0 Å². The van der Waals surface area contributed by atoms with Crippen molar-refractivity contribution in [3.05, 3.63) is 23.8 Å². The minimum absolute atomic E-state index is 0.509. The summed E-state index contributed by atoms with van der Waals surface area (Å²) in [6.07, 6.45) is 1.17. The number of phenolic OH excluding ortho intramolecular Hbond substituents is 1. The number of aryl methyl sites for hydroxylation is 1. The van der Waals surface area contributed by atoms with E-state index in [1.165, 1.54) is 21.8 Å². The summed E-state index contributed by atoms with van der Waals surface area (Å²) < 4.78 is 1.23. The molecule has 0 aromatic heterocycles. The summed E-state index contributed by atoms with van der Waals surface area (Å²) in [6, 6.07) is 5.82. The Bertz CT molecular complexity index is 257. The Kier molecular flexibility index (Phi) is 1.44. The Morgan fingerprint density at radius 2 is 2.30 bits per heavy atom. The van der Waals surface area contributed by atoms with Crippen LogP contribution in [0.4, 0.5) is 0 Å². The van der Waals surface area contributed by atoms with Crippen LogP contribution in [-0.2, 0) is 6.42 Å². The summed E-state index contributed by atoms with van der Waals surface area (Å²) in [5.41, 5.74) is 1.36. The molecule has 2 rings (SSSR count). The number of benzene rings is 1. The van der Waals surface area contributed by atoms with E-state index in [1.807, 2.05) is 6.07 Å². The van der Waals surface area contributed by atoms with Gasteiger partial charge in [0.05, 0.1) is 0 Å². The molecule has 1 aromatic carbocycles. The molecular weight excluding hydrogens is 191 g/mol. The van der Waals surface area contributed by atoms with Crippen molar-refractivity contribution in [1.82, 2.24) is 0 Å². The maximum absolute atomic E-state index is 9.35. The van der Waals surface area contributed by atoms with E-state index < -0.39 is 0 Å². The predicted octanol–water partition coefficient (Wildman–Crippen LogP) is 0.696. The first kappa shape index (κ1) is 6.26. The van der Waals surface area contributed by atoms with Crippen LogP contribution in [0.2, 0.25) is 5.32 Å². The molecule has 1 aliphatic rings. The van der Waals surface area contributed by atoms with Crippen molar-refractivity contribution in [3.8, 4) is 5.75 Å². The molecule has 1 nitrogen and oxygen atoms in total. The molecule has 0 fully saturated rings. The van der Waals surface area contributed by atoms with Crippen LogP contribution in [0.1, 0.15) is 5.56 Å². The fourth-order valence-corrected chi connectivity index (χ4v) is 3.50. The summed E-state index contributed by atoms with van der Waals surface area (Å²) in [7, 11) is 0. The topological polar surface area (TPSA) is 20.2 Å². The molecule has 1 aliphatic heterocycles. The first-order chi connectivity index (χ1) is 4.88. The van der Waals surface area contributed by atoms with Crippen LogP contribution in [0.15, 0.2) is 18.2 Å². The predicted molar refractivity (Wildman–Crippen MR) is 42.0 cm³/mol. The molecule has 0 aliphatic carbocycles. The van der Waals surface area contributed by atoms with Gasteiger partial charge in [-0.3, -0.25) is 0 Å². The van der Waals surface area contributed by atoms with Crippen molar-refractivity contribution in [2.45, 2.75) is 11.7 Å². The molecule has 0 amide bonds. The molecular formula is C8H8OSe. The zero-order chi connectivity index (χ0) is 6.97. The van der Waals surface area contributed by atoms with Crippen LogP contribution in [0, 0.1) is 0 Å². The van der Waals surface area contributed by atoms with Gasteiger partial charge in [-0.1, -0.05) is 0 Å². The van der Waals surface area contributed by atoms with Crippen LogP contribution in [0.5, 0.6) is 5.75 Å². The van der Waals surface area contributed by atoms with Gasteiger partial charge in [0.15, 0.2) is 0 Å². The SMILES string of the molecule is Oc1cccc2c1[Se]CC2. The number of hydrogen-bond acceptors (Lipinski definition) is 1. The Balaban J connectivity index is 2.59. The molecule has 0 atom stereocenters. The molecule has 0 saturated carbocycles. The van der Waals surface area contributed by atoms with Crippen molar-refractivity contribution < 1.29 is 5.11 Å². The van der Waals surface area contributed by atoms with E-state index in [0.29, 0.717) is 20.7 Å². The second-order valence-corrected chi connectivity index (χ2v) is 4.68. The average molecular weight is 199 g/mol. The number of phenols is 1. The third kappa shape index (κ3) is 0.845. The Morgan fingerprint density at radius 3 is 3.10 bits per heavy atom. The summed E-state index contributed by atoms with van der Waals surface area (Å²) in [5, 5.41) is 10.6. The molecule has 10 heavy (non-hydrogen) atoms. The molecule has 2 heteroatoms. The third-order valence-electron chi connectivity index (χ3n) is 1.69. The van der Waals surface area contributed by atoms with E-state index >= 15 is 0 Å². The van der Waals surface area contributed by atoms with E-state index in [4.69, 9.17) is 0 Å². The monoisotopic (exact) mass is 200 g/mol. The van der Waals surface area contributed by atoms with Gasteiger partial charge in [-0.25, -0.2) is 0 Å². The second kappa shape index (κ2) is 2.30. The molecule has 1 N–H and O–H groups in total. The van der Waals surface area contributed by atoms with E-state index in [9.17, 15) is 5.11 Å². The number of rotatable bonds is 0. The molecule has 1 heterocycles. The second-order valence-electron chi connectivity index (χ2n) is 2.36. The van der Waals surface area contributed by atoms with Crippen molar-refractivity contribution in [1.29, 1.82) is 0 Å². The van der Waals surface area contributed by atoms with Crippen LogP contribution in [-0.4, -0.2) is 20.1 Å². The molecule has 0 spiro atoms. The maximum atomic E-state index is 9.35. The number of hydrogen-bond donors (Lipinski definition) is 1. The van der Waals surface area contributed by atoms with Crippen molar-refractivity contribution in [3.63, 3.8) is 0 Å². The first-order valence-corrected chi connectivity index (χ1v) is 5.38. The van der Waals surface area contributed by atoms with Gasteiger partial charge in [0.25, 0.3) is 0 Å².